The maximum absolute atomic E-state index is 2.33. The van der Waals surface area contributed by atoms with Crippen LogP contribution >= 0.6 is 17.9 Å². The molecule has 0 aromatic carbocycles. The molecule has 0 N–H and O–H groups in total. The third kappa shape index (κ3) is 9.11. The van der Waals surface area contributed by atoms with E-state index in [1.807, 2.05) is 0 Å². The van der Waals surface area contributed by atoms with E-state index in [1.165, 1.54) is 0 Å². The van der Waals surface area contributed by atoms with Gasteiger partial charge in [-0.05, 0) is 0 Å². The largest absolute Gasteiger partial charge is 0.118 e. The van der Waals surface area contributed by atoms with Crippen LogP contribution in [0.5, 0.6) is 0 Å². The normalized spacial score (nSPS) is 1.50. The zero-order chi connectivity index (χ0) is 2.00. The van der Waals surface area contributed by atoms with Gasteiger partial charge < -0.3 is 0 Å². The van der Waals surface area contributed by atoms with E-state index in [4.69, 9.17) is 0 Å². The van der Waals surface area contributed by atoms with Crippen LogP contribution in [0.15, 0.2) is 0 Å². The molecule has 2 unspecified atom stereocenters. The molecule has 0 spiro atoms. The number of hydrogen-bond donors (Lipinski definition) is 0. The van der Waals surface area contributed by atoms with Gasteiger partial charge in [-0.15, -0.1) is 17.9 Å². The average Bonchev–Trinajstić information content (AvgIpc) is 1.00. The maximum Gasteiger partial charge on any atom is 0 e. The Balaban J connectivity index is -0.00000000500. The summed E-state index contributed by atoms with van der Waals surface area (Å²) in [5, 5.41) is 0. The fraction of sp³-hybridized carbons (Fsp3) is 0. The smallest absolute Gasteiger partial charge is 0 e. The second kappa shape index (κ2) is 20.8. The van der Waals surface area contributed by atoms with E-state index in [2.05, 4.69) is 17.9 Å². The first-order valence-corrected chi connectivity index (χ1v) is 3.00. The summed E-state index contributed by atoms with van der Waals surface area (Å²) in [4.78, 5) is 0. The molecular formula is H4Co2P2. The topological polar surface area (TPSA) is 0 Å². The fourth-order valence-corrected chi connectivity index (χ4v) is 0. The molecule has 0 aliphatic rings. The van der Waals surface area contributed by atoms with Gasteiger partial charge in [-0.1, -0.05) is 0 Å². The van der Waals surface area contributed by atoms with E-state index >= 15 is 0 Å². The van der Waals surface area contributed by atoms with Crippen molar-refractivity contribution in [1.29, 1.82) is 0 Å². The van der Waals surface area contributed by atoms with Crippen molar-refractivity contribution in [3.05, 3.63) is 0 Å². The first-order valence-electron chi connectivity index (χ1n) is 0.333. The van der Waals surface area contributed by atoms with E-state index < -0.39 is 0 Å². The molecule has 0 aliphatic heterocycles. The summed E-state index contributed by atoms with van der Waals surface area (Å²) < 4.78 is 0. The molecule has 32 valence electrons. The summed E-state index contributed by atoms with van der Waals surface area (Å²) in [5.41, 5.74) is 0. The first kappa shape index (κ1) is 16.9. The van der Waals surface area contributed by atoms with E-state index in [0.29, 0.717) is 0 Å². The minimum Gasteiger partial charge on any atom is -0.118 e. The Morgan fingerprint density at radius 2 is 0.750 bits per heavy atom. The summed E-state index contributed by atoms with van der Waals surface area (Å²) in [5.74, 6) is 0. The Bertz CT molecular complexity index is 4.00. The van der Waals surface area contributed by atoms with E-state index in [1.54, 1.807) is 0 Å². The molecule has 0 aromatic rings. The van der Waals surface area contributed by atoms with Gasteiger partial charge in [0.05, 0.1) is 0 Å². The van der Waals surface area contributed by atoms with Crippen LogP contribution in [0.3, 0.4) is 0 Å². The molecule has 0 rings (SSSR count). The Labute approximate surface area is 51.6 Å². The van der Waals surface area contributed by atoms with Crippen molar-refractivity contribution in [3.8, 4) is 0 Å². The van der Waals surface area contributed by atoms with Gasteiger partial charge >= 0.3 is 0 Å². The maximum atomic E-state index is 2.33. The second-order valence-corrected chi connectivity index (χ2v) is 0. The Morgan fingerprint density at radius 1 is 0.750 bits per heavy atom. The van der Waals surface area contributed by atoms with E-state index in [0.717, 1.165) is 0 Å². The summed E-state index contributed by atoms with van der Waals surface area (Å²) in [6.07, 6.45) is 0. The van der Waals surface area contributed by atoms with Crippen LogP contribution in [-0.4, -0.2) is 0 Å². The van der Waals surface area contributed by atoms with Crippen LogP contribution in [0.1, 0.15) is 0 Å². The monoisotopic (exact) mass is 184 g/mol. The van der Waals surface area contributed by atoms with Gasteiger partial charge in [0.15, 0.2) is 0 Å². The van der Waals surface area contributed by atoms with Crippen molar-refractivity contribution in [1.82, 2.24) is 0 Å². The standard InChI is InChI=1S/2Co.H4P2/c;;1-2/h;;1-2H2. The predicted octanol–water partition coefficient (Wildman–Crippen LogP) is 0.647. The van der Waals surface area contributed by atoms with E-state index in [9.17, 15) is 0 Å². The number of hydrogen-bond acceptors (Lipinski definition) is 0. The van der Waals surface area contributed by atoms with Crippen molar-refractivity contribution in [2.24, 2.45) is 0 Å². The molecule has 4 heavy (non-hydrogen) atoms. The van der Waals surface area contributed by atoms with E-state index in [-0.39, 0.29) is 33.6 Å². The quantitative estimate of drug-likeness (QED) is 0.484. The van der Waals surface area contributed by atoms with Crippen LogP contribution in [0.25, 0.3) is 0 Å². The molecule has 2 atom stereocenters. The molecule has 0 heterocycles. The Morgan fingerprint density at radius 3 is 0.750 bits per heavy atom. The zero-order valence-electron chi connectivity index (χ0n) is 1.82. The van der Waals surface area contributed by atoms with Gasteiger partial charge in [0.25, 0.3) is 0 Å². The SMILES string of the molecule is PP.[Co].[Co]. The third-order valence-corrected chi connectivity index (χ3v) is 0. The van der Waals surface area contributed by atoms with Crippen LogP contribution < -0.4 is 0 Å². The number of rotatable bonds is 0. The van der Waals surface area contributed by atoms with Crippen LogP contribution in [0, 0.1) is 0 Å². The van der Waals surface area contributed by atoms with Crippen molar-refractivity contribution in [2.75, 3.05) is 0 Å². The minimum atomic E-state index is 0. The average molecular weight is 184 g/mol. The molecule has 0 saturated carbocycles. The molecule has 0 bridgehead atoms. The van der Waals surface area contributed by atoms with Gasteiger partial charge in [-0.2, -0.15) is 0 Å². The Kier molecular flexibility index (Phi) is 88.0. The van der Waals surface area contributed by atoms with Crippen LogP contribution in [0.2, 0.25) is 0 Å². The summed E-state index contributed by atoms with van der Waals surface area (Å²) in [6.45, 7) is 0. The van der Waals surface area contributed by atoms with Gasteiger partial charge in [0.2, 0.25) is 0 Å². The van der Waals surface area contributed by atoms with Crippen molar-refractivity contribution >= 4 is 17.9 Å². The van der Waals surface area contributed by atoms with Crippen molar-refractivity contribution in [2.45, 2.75) is 0 Å². The van der Waals surface area contributed by atoms with Gasteiger partial charge in [0, 0.05) is 33.6 Å². The molecule has 0 fully saturated rings. The first-order chi connectivity index (χ1) is 1.00. The molecule has 0 saturated heterocycles. The fourth-order valence-electron chi connectivity index (χ4n) is 0. The summed E-state index contributed by atoms with van der Waals surface area (Å²) in [7, 11) is 4.67. The molecular weight excluding hydrogens is 180 g/mol. The van der Waals surface area contributed by atoms with Gasteiger partial charge in [-0.3, -0.25) is 0 Å². The minimum absolute atomic E-state index is 0. The van der Waals surface area contributed by atoms with Crippen LogP contribution in [0.4, 0.5) is 0 Å². The predicted molar refractivity (Wildman–Crippen MR) is 19.4 cm³/mol. The molecule has 4 heteroatoms. The molecule has 0 aliphatic carbocycles. The summed E-state index contributed by atoms with van der Waals surface area (Å²) in [6, 6.07) is 0. The molecule has 0 nitrogen and oxygen atoms in total. The third-order valence-electron chi connectivity index (χ3n) is 0. The Hall–Kier alpha value is 1.87. The molecule has 2 radical (unpaired) electrons. The van der Waals surface area contributed by atoms with Crippen molar-refractivity contribution in [3.63, 3.8) is 0 Å². The summed E-state index contributed by atoms with van der Waals surface area (Å²) >= 11 is 0. The van der Waals surface area contributed by atoms with Gasteiger partial charge in [-0.25, -0.2) is 0 Å². The van der Waals surface area contributed by atoms with Gasteiger partial charge in [0.1, 0.15) is 0 Å². The second-order valence-electron chi connectivity index (χ2n) is 0. The molecule has 0 aromatic heterocycles. The van der Waals surface area contributed by atoms with Crippen LogP contribution in [-0.2, 0) is 33.6 Å². The van der Waals surface area contributed by atoms with Crippen molar-refractivity contribution < 1.29 is 33.6 Å². The zero-order valence-corrected chi connectivity index (χ0v) is 6.21. The molecule has 0 amide bonds.